The summed E-state index contributed by atoms with van der Waals surface area (Å²) < 4.78 is 0. The highest BCUT2D eigenvalue weighted by Gasteiger charge is 2.40. The van der Waals surface area contributed by atoms with Crippen molar-refractivity contribution in [1.82, 2.24) is 4.90 Å². The fraction of sp³-hybridized carbons (Fsp3) is 0.909. The molecule has 4 heteroatoms. The first kappa shape index (κ1) is 10.9. The van der Waals surface area contributed by atoms with Crippen molar-refractivity contribution in [3.05, 3.63) is 0 Å². The monoisotopic (exact) mass is 213 g/mol. The van der Waals surface area contributed by atoms with Crippen LogP contribution in [-0.4, -0.2) is 46.8 Å². The maximum atomic E-state index is 10.7. The lowest BCUT2D eigenvalue weighted by molar-refractivity contribution is -0.138. The van der Waals surface area contributed by atoms with Crippen molar-refractivity contribution < 1.29 is 15.0 Å². The van der Waals surface area contributed by atoms with Crippen LogP contribution in [-0.2, 0) is 4.79 Å². The molecule has 15 heavy (non-hydrogen) atoms. The average Bonchev–Trinajstić information content (AvgIpc) is 2.50. The molecule has 0 amide bonds. The van der Waals surface area contributed by atoms with Gasteiger partial charge < -0.3 is 10.2 Å². The molecule has 1 heterocycles. The topological polar surface area (TPSA) is 60.8 Å². The van der Waals surface area contributed by atoms with Crippen molar-refractivity contribution in [2.24, 2.45) is 11.8 Å². The van der Waals surface area contributed by atoms with Crippen LogP contribution in [0.15, 0.2) is 0 Å². The predicted octanol–water partition coefficient (Wildman–Crippen LogP) is 0.554. The molecule has 4 nitrogen and oxygen atoms in total. The van der Waals surface area contributed by atoms with E-state index in [1.54, 1.807) is 0 Å². The quantitative estimate of drug-likeness (QED) is 0.716. The Kier molecular flexibility index (Phi) is 3.26. The zero-order valence-electron chi connectivity index (χ0n) is 8.93. The van der Waals surface area contributed by atoms with Crippen molar-refractivity contribution in [3.8, 4) is 0 Å². The average molecular weight is 213 g/mol. The van der Waals surface area contributed by atoms with Crippen molar-refractivity contribution in [2.75, 3.05) is 19.7 Å². The van der Waals surface area contributed by atoms with E-state index < -0.39 is 5.97 Å². The van der Waals surface area contributed by atoms with Crippen LogP contribution in [0.5, 0.6) is 0 Å². The Morgan fingerprint density at radius 3 is 2.87 bits per heavy atom. The Labute approximate surface area is 89.9 Å². The third-order valence-electron chi connectivity index (χ3n) is 3.92. The minimum absolute atomic E-state index is 0.215. The summed E-state index contributed by atoms with van der Waals surface area (Å²) in [6.45, 7) is 1.96. The summed E-state index contributed by atoms with van der Waals surface area (Å²) in [6, 6.07) is 0.604. The van der Waals surface area contributed by atoms with Gasteiger partial charge in [-0.1, -0.05) is 0 Å². The number of likely N-dealkylation sites (tertiary alicyclic amines) is 1. The van der Waals surface area contributed by atoms with Crippen LogP contribution < -0.4 is 0 Å². The van der Waals surface area contributed by atoms with Gasteiger partial charge in [0.05, 0.1) is 6.61 Å². The van der Waals surface area contributed by atoms with Gasteiger partial charge in [-0.2, -0.15) is 0 Å². The molecule has 1 saturated heterocycles. The number of hydrogen-bond acceptors (Lipinski definition) is 3. The molecule has 0 radical (unpaired) electrons. The zero-order valence-corrected chi connectivity index (χ0v) is 8.93. The van der Waals surface area contributed by atoms with E-state index >= 15 is 0 Å². The number of aliphatic hydroxyl groups is 1. The number of rotatable bonds is 4. The first-order chi connectivity index (χ1) is 7.20. The fourth-order valence-corrected chi connectivity index (χ4v) is 3.20. The van der Waals surface area contributed by atoms with Crippen LogP contribution in [0.1, 0.15) is 25.7 Å². The van der Waals surface area contributed by atoms with E-state index in [1.165, 1.54) is 0 Å². The van der Waals surface area contributed by atoms with E-state index in [1.807, 2.05) is 0 Å². The summed E-state index contributed by atoms with van der Waals surface area (Å²) in [5.41, 5.74) is 0. The highest BCUT2D eigenvalue weighted by atomic mass is 16.4. The van der Waals surface area contributed by atoms with Crippen molar-refractivity contribution in [1.29, 1.82) is 0 Å². The normalized spacial score (nSPS) is 35.7. The van der Waals surface area contributed by atoms with E-state index in [-0.39, 0.29) is 6.61 Å². The van der Waals surface area contributed by atoms with Crippen LogP contribution in [0.3, 0.4) is 0 Å². The first-order valence-corrected chi connectivity index (χ1v) is 5.77. The van der Waals surface area contributed by atoms with Crippen LogP contribution in [0.2, 0.25) is 0 Å². The molecular weight excluding hydrogens is 194 g/mol. The van der Waals surface area contributed by atoms with Gasteiger partial charge in [0.1, 0.15) is 0 Å². The van der Waals surface area contributed by atoms with E-state index in [4.69, 9.17) is 10.2 Å². The lowest BCUT2D eigenvalue weighted by atomic mass is 9.78. The standard InChI is InChI=1S/C11H19NO3/c13-4-3-12-7-9-5-10(12)2-1-8(9)6-11(14)15/h8-10,13H,1-7H2,(H,14,15). The van der Waals surface area contributed by atoms with Gasteiger partial charge in [-0.05, 0) is 31.1 Å². The molecule has 1 aliphatic carbocycles. The lowest BCUT2D eigenvalue weighted by Gasteiger charge is -2.27. The summed E-state index contributed by atoms with van der Waals surface area (Å²) in [5, 5.41) is 17.7. The van der Waals surface area contributed by atoms with E-state index in [0.29, 0.717) is 24.3 Å². The molecule has 0 spiro atoms. The third-order valence-corrected chi connectivity index (χ3v) is 3.92. The Bertz CT molecular complexity index is 244. The molecule has 3 atom stereocenters. The Morgan fingerprint density at radius 1 is 1.40 bits per heavy atom. The molecular formula is C11H19NO3. The van der Waals surface area contributed by atoms with Gasteiger partial charge in [-0.15, -0.1) is 0 Å². The molecule has 2 aliphatic rings. The molecule has 3 unspecified atom stereocenters. The van der Waals surface area contributed by atoms with Gasteiger partial charge in [0, 0.05) is 25.6 Å². The number of carboxylic acid groups (broad SMARTS) is 1. The number of aliphatic hydroxyl groups excluding tert-OH is 1. The number of carbonyl (C=O) groups is 1. The van der Waals surface area contributed by atoms with Crippen molar-refractivity contribution in [2.45, 2.75) is 31.7 Å². The molecule has 2 N–H and O–H groups in total. The number of hydrogen-bond donors (Lipinski definition) is 2. The molecule has 1 aliphatic heterocycles. The van der Waals surface area contributed by atoms with Gasteiger partial charge in [-0.3, -0.25) is 9.69 Å². The van der Waals surface area contributed by atoms with Crippen molar-refractivity contribution >= 4 is 5.97 Å². The van der Waals surface area contributed by atoms with Gasteiger partial charge in [0.25, 0.3) is 0 Å². The maximum absolute atomic E-state index is 10.7. The van der Waals surface area contributed by atoms with Gasteiger partial charge in [-0.25, -0.2) is 0 Å². The molecule has 0 aromatic carbocycles. The molecule has 2 fully saturated rings. The largest absolute Gasteiger partial charge is 0.481 e. The number of nitrogens with zero attached hydrogens (tertiary/aromatic N) is 1. The zero-order chi connectivity index (χ0) is 10.8. The third kappa shape index (κ3) is 2.32. The summed E-state index contributed by atoms with van der Waals surface area (Å²) in [7, 11) is 0. The summed E-state index contributed by atoms with van der Waals surface area (Å²) in [4.78, 5) is 13.0. The maximum Gasteiger partial charge on any atom is 0.303 e. The number of fused-ring (bicyclic) bond motifs is 2. The number of β-amino-alcohol motifs (C(OH)–C–C–N with tert-alkyl or cyclic N) is 1. The Hall–Kier alpha value is -0.610. The molecule has 0 aromatic rings. The minimum Gasteiger partial charge on any atom is -0.481 e. The lowest BCUT2D eigenvalue weighted by Crippen LogP contribution is -2.31. The molecule has 2 bridgehead atoms. The first-order valence-electron chi connectivity index (χ1n) is 5.77. The van der Waals surface area contributed by atoms with Gasteiger partial charge >= 0.3 is 5.97 Å². The molecule has 86 valence electrons. The van der Waals surface area contributed by atoms with Crippen LogP contribution in [0.4, 0.5) is 0 Å². The highest BCUT2D eigenvalue weighted by molar-refractivity contribution is 5.67. The smallest absolute Gasteiger partial charge is 0.303 e. The predicted molar refractivity (Wildman–Crippen MR) is 55.5 cm³/mol. The second-order valence-electron chi connectivity index (χ2n) is 4.80. The number of carboxylic acids is 1. The second kappa shape index (κ2) is 4.49. The van der Waals surface area contributed by atoms with Gasteiger partial charge in [0.15, 0.2) is 0 Å². The molecule has 0 aromatic heterocycles. The molecule has 1 saturated carbocycles. The Morgan fingerprint density at radius 2 is 2.20 bits per heavy atom. The fourth-order valence-electron chi connectivity index (χ4n) is 3.20. The van der Waals surface area contributed by atoms with Crippen molar-refractivity contribution in [3.63, 3.8) is 0 Å². The van der Waals surface area contributed by atoms with Crippen LogP contribution in [0.25, 0.3) is 0 Å². The summed E-state index contributed by atoms with van der Waals surface area (Å²) in [5.74, 6) is 0.243. The second-order valence-corrected chi connectivity index (χ2v) is 4.80. The van der Waals surface area contributed by atoms with E-state index in [0.717, 1.165) is 32.4 Å². The summed E-state index contributed by atoms with van der Waals surface area (Å²) in [6.07, 6.45) is 3.61. The van der Waals surface area contributed by atoms with E-state index in [2.05, 4.69) is 4.90 Å². The van der Waals surface area contributed by atoms with Gasteiger partial charge in [0.2, 0.25) is 0 Å². The van der Waals surface area contributed by atoms with E-state index in [9.17, 15) is 4.79 Å². The van der Waals surface area contributed by atoms with Crippen LogP contribution >= 0.6 is 0 Å². The molecule has 2 rings (SSSR count). The minimum atomic E-state index is -0.668. The van der Waals surface area contributed by atoms with Crippen LogP contribution in [0, 0.1) is 11.8 Å². The Balaban J connectivity index is 1.92. The summed E-state index contributed by atoms with van der Waals surface area (Å²) >= 11 is 0. The SMILES string of the molecule is O=C(O)CC1CCC2CC1CN2CCO. The highest BCUT2D eigenvalue weighted by Crippen LogP contribution is 2.40. The number of aliphatic carboxylic acids is 1.